The molecule has 2 aliphatic rings. The highest BCUT2D eigenvalue weighted by atomic mass is 35.5. The van der Waals surface area contributed by atoms with Gasteiger partial charge in [0.25, 0.3) is 17.7 Å². The van der Waals surface area contributed by atoms with E-state index in [2.05, 4.69) is 16.0 Å². The van der Waals surface area contributed by atoms with Crippen LogP contribution >= 0.6 is 11.6 Å². The molecule has 2 heterocycles. The summed E-state index contributed by atoms with van der Waals surface area (Å²) in [6, 6.07) is 4.86. The first-order valence-electron chi connectivity index (χ1n) is 10.5. The second kappa shape index (κ2) is 8.73. The normalized spacial score (nSPS) is 16.3. The summed E-state index contributed by atoms with van der Waals surface area (Å²) in [5.41, 5.74) is -2.09. The number of halogens is 6. The van der Waals surface area contributed by atoms with Gasteiger partial charge in [-0.05, 0) is 42.5 Å². The van der Waals surface area contributed by atoms with Crippen LogP contribution in [0.15, 0.2) is 42.5 Å². The molecule has 2 aliphatic heterocycles. The Morgan fingerprint density at radius 2 is 1.81 bits per heavy atom. The first-order chi connectivity index (χ1) is 17.4. The second-order valence-electron chi connectivity index (χ2n) is 8.18. The molecule has 0 saturated heterocycles. The molecular weight excluding hydrogens is 525 g/mol. The van der Waals surface area contributed by atoms with Gasteiger partial charge in [-0.1, -0.05) is 11.6 Å². The quantitative estimate of drug-likeness (QED) is 0.407. The minimum Gasteiger partial charge on any atom is -0.481 e. The summed E-state index contributed by atoms with van der Waals surface area (Å²) in [7, 11) is 0. The average Bonchev–Trinajstić information content (AvgIpc) is 3.17. The van der Waals surface area contributed by atoms with E-state index in [1.165, 1.54) is 12.1 Å². The minimum absolute atomic E-state index is 0.00154. The Labute approximate surface area is 209 Å². The molecule has 0 saturated carbocycles. The summed E-state index contributed by atoms with van der Waals surface area (Å²) >= 11 is 6.24. The van der Waals surface area contributed by atoms with E-state index in [1.54, 1.807) is 0 Å². The van der Waals surface area contributed by atoms with Crippen LogP contribution in [0, 0.1) is 11.6 Å². The van der Waals surface area contributed by atoms with Crippen molar-refractivity contribution < 1.29 is 41.1 Å². The third-order valence-corrected chi connectivity index (χ3v) is 6.08. The van der Waals surface area contributed by atoms with Crippen LogP contribution in [0.3, 0.4) is 0 Å². The molecule has 0 bridgehead atoms. The van der Waals surface area contributed by atoms with Gasteiger partial charge >= 0.3 is 6.18 Å². The number of ether oxygens (including phenoxy) is 1. The molecule has 1 atom stereocenters. The predicted molar refractivity (Wildman–Crippen MR) is 121 cm³/mol. The van der Waals surface area contributed by atoms with Gasteiger partial charge in [0, 0.05) is 27.4 Å². The topological polar surface area (TPSA) is 96.5 Å². The molecule has 190 valence electrons. The summed E-state index contributed by atoms with van der Waals surface area (Å²) in [5.74, 6) is -4.39. The first-order valence-corrected chi connectivity index (χ1v) is 10.9. The highest BCUT2D eigenvalue weighted by Gasteiger charge is 2.40. The van der Waals surface area contributed by atoms with Gasteiger partial charge < -0.3 is 20.7 Å². The fourth-order valence-corrected chi connectivity index (χ4v) is 4.42. The Kier molecular flexibility index (Phi) is 5.78. The Morgan fingerprint density at radius 1 is 1.05 bits per heavy atom. The lowest BCUT2D eigenvalue weighted by Gasteiger charge is -2.23. The van der Waals surface area contributed by atoms with Crippen molar-refractivity contribution in [2.75, 3.05) is 17.2 Å². The third kappa shape index (κ3) is 4.44. The van der Waals surface area contributed by atoms with Crippen molar-refractivity contribution in [1.82, 2.24) is 5.32 Å². The van der Waals surface area contributed by atoms with Crippen LogP contribution in [-0.4, -0.2) is 24.3 Å². The highest BCUT2D eigenvalue weighted by Crippen LogP contribution is 2.47. The van der Waals surface area contributed by atoms with Crippen LogP contribution in [0.25, 0.3) is 0 Å². The van der Waals surface area contributed by atoms with E-state index in [4.69, 9.17) is 16.3 Å². The van der Waals surface area contributed by atoms with Crippen LogP contribution < -0.4 is 20.7 Å². The van der Waals surface area contributed by atoms with Crippen molar-refractivity contribution in [3.05, 3.63) is 86.9 Å². The number of fused-ring (bicyclic) bond motifs is 3. The third-order valence-electron chi connectivity index (χ3n) is 5.74. The van der Waals surface area contributed by atoms with E-state index in [1.807, 2.05) is 0 Å². The van der Waals surface area contributed by atoms with Crippen molar-refractivity contribution in [1.29, 1.82) is 0 Å². The van der Waals surface area contributed by atoms with Gasteiger partial charge in [0.05, 0.1) is 22.9 Å². The Bertz CT molecular complexity index is 1510. The van der Waals surface area contributed by atoms with E-state index < -0.39 is 59.3 Å². The summed E-state index contributed by atoms with van der Waals surface area (Å²) < 4.78 is 72.9. The van der Waals surface area contributed by atoms with Crippen molar-refractivity contribution in [2.45, 2.75) is 12.2 Å². The molecule has 37 heavy (non-hydrogen) atoms. The van der Waals surface area contributed by atoms with Gasteiger partial charge in [-0.25, -0.2) is 8.78 Å². The molecule has 0 fully saturated rings. The highest BCUT2D eigenvalue weighted by molar-refractivity contribution is 6.31. The number of amides is 3. The Morgan fingerprint density at radius 3 is 2.54 bits per heavy atom. The summed E-state index contributed by atoms with van der Waals surface area (Å²) in [5, 5.41) is 7.55. The molecule has 0 aromatic heterocycles. The largest absolute Gasteiger partial charge is 0.481 e. The molecule has 3 amide bonds. The Hall–Kier alpha value is -4.19. The molecule has 5 rings (SSSR count). The van der Waals surface area contributed by atoms with Gasteiger partial charge in [-0.3, -0.25) is 14.4 Å². The average molecular weight is 538 g/mol. The Balaban J connectivity index is 1.65. The number of hydrogen-bond acceptors (Lipinski definition) is 4. The van der Waals surface area contributed by atoms with Gasteiger partial charge in [0.2, 0.25) is 0 Å². The van der Waals surface area contributed by atoms with Crippen LogP contribution in [0.1, 0.15) is 43.4 Å². The van der Waals surface area contributed by atoms with Crippen LogP contribution in [0.5, 0.6) is 5.75 Å². The molecule has 0 spiro atoms. The minimum atomic E-state index is -4.92. The molecule has 7 nitrogen and oxygen atoms in total. The zero-order chi connectivity index (χ0) is 26.6. The van der Waals surface area contributed by atoms with Crippen LogP contribution in [0.4, 0.5) is 33.3 Å². The van der Waals surface area contributed by atoms with Crippen molar-refractivity contribution >= 4 is 40.7 Å². The predicted octanol–water partition coefficient (Wildman–Crippen LogP) is 5.05. The van der Waals surface area contributed by atoms with Gasteiger partial charge in [-0.2, -0.15) is 13.2 Å². The maximum absolute atomic E-state index is 14.1. The van der Waals surface area contributed by atoms with E-state index >= 15 is 0 Å². The van der Waals surface area contributed by atoms with E-state index in [0.29, 0.717) is 12.1 Å². The lowest BCUT2D eigenvalue weighted by Crippen LogP contribution is -2.27. The van der Waals surface area contributed by atoms with Crippen molar-refractivity contribution in [3.8, 4) is 5.75 Å². The number of anilines is 2. The van der Waals surface area contributed by atoms with Gasteiger partial charge in [-0.15, -0.1) is 0 Å². The summed E-state index contributed by atoms with van der Waals surface area (Å²) in [6.07, 6.45) is -4.92. The molecule has 3 aromatic rings. The maximum Gasteiger partial charge on any atom is 0.416 e. The molecule has 0 radical (unpaired) electrons. The monoisotopic (exact) mass is 537 g/mol. The van der Waals surface area contributed by atoms with E-state index in [9.17, 15) is 36.3 Å². The number of rotatable bonds is 3. The van der Waals surface area contributed by atoms with E-state index in [0.717, 1.165) is 12.1 Å². The summed E-state index contributed by atoms with van der Waals surface area (Å²) in [6.45, 7) is -0.409. The van der Waals surface area contributed by atoms with Crippen molar-refractivity contribution in [2.24, 2.45) is 0 Å². The molecule has 3 N–H and O–H groups in total. The van der Waals surface area contributed by atoms with E-state index in [-0.39, 0.29) is 44.9 Å². The lowest BCUT2D eigenvalue weighted by molar-refractivity contribution is -0.137. The number of benzene rings is 3. The summed E-state index contributed by atoms with van der Waals surface area (Å²) in [4.78, 5) is 37.8. The van der Waals surface area contributed by atoms with Crippen molar-refractivity contribution in [3.63, 3.8) is 0 Å². The first kappa shape index (κ1) is 24.5. The second-order valence-corrected chi connectivity index (χ2v) is 8.59. The fraction of sp³-hybridized carbons (Fsp3) is 0.125. The molecule has 0 aliphatic carbocycles. The van der Waals surface area contributed by atoms with Crippen LogP contribution in [-0.2, 0) is 11.0 Å². The molecule has 3 aromatic carbocycles. The fourth-order valence-electron chi connectivity index (χ4n) is 4.20. The smallest absolute Gasteiger partial charge is 0.416 e. The number of nitrogens with one attached hydrogen (secondary N) is 3. The maximum atomic E-state index is 14.1. The molecule has 13 heteroatoms. The molecular formula is C24H13ClF5N3O4. The number of hydrogen-bond donors (Lipinski definition) is 3. The number of alkyl halides is 3. The number of carbonyl (C=O) groups excluding carboxylic acids is 3. The standard InChI is InChI=1S/C24H13ClF5N3O4/c25-14-2-1-11(26)6-13(14)20-18-15(7-16-21(19(18)23(36)33-20)37-8-17(34)31-16)32-22(35)9-3-10(24(28,29)30)5-12(27)4-9/h1-7,20H,8H2,(H,31,34)(H,32,35)(H,33,36). The lowest BCUT2D eigenvalue weighted by atomic mass is 9.94. The van der Waals surface area contributed by atoms with Crippen LogP contribution in [0.2, 0.25) is 5.02 Å². The SMILES string of the molecule is O=C1COc2c(cc(NC(=O)c3cc(F)cc(C(F)(F)F)c3)c3c2C(=O)NC3c2cc(F)ccc2Cl)N1. The zero-order valence-electron chi connectivity index (χ0n) is 18.2. The number of carbonyl (C=O) groups is 3. The van der Waals surface area contributed by atoms with Gasteiger partial charge in [0.1, 0.15) is 11.6 Å². The molecule has 1 unspecified atom stereocenters. The van der Waals surface area contributed by atoms with Gasteiger partial charge in [0.15, 0.2) is 12.4 Å². The zero-order valence-corrected chi connectivity index (χ0v) is 19.0.